The number of para-hydroxylation sites is 1. The van der Waals surface area contributed by atoms with Crippen LogP contribution in [0.2, 0.25) is 0 Å². The molecule has 2 aromatic rings. The molecule has 0 fully saturated rings. The third-order valence-corrected chi connectivity index (χ3v) is 3.39. The molecule has 0 aliphatic rings. The number of carbonyl (C=O) groups is 3. The highest BCUT2D eigenvalue weighted by Gasteiger charge is 2.17. The smallest absolute Gasteiger partial charge is 0.318 e. The number of carbonyl (C=O) groups excluding carboxylic acids is 3. The summed E-state index contributed by atoms with van der Waals surface area (Å²) in [7, 11) is 0. The third-order valence-electron chi connectivity index (χ3n) is 3.39. The van der Waals surface area contributed by atoms with E-state index in [0.717, 1.165) is 16.9 Å². The van der Waals surface area contributed by atoms with Crippen LogP contribution in [0.25, 0.3) is 5.69 Å². The summed E-state index contributed by atoms with van der Waals surface area (Å²) < 4.78 is 6.59. The van der Waals surface area contributed by atoms with Gasteiger partial charge in [-0.15, -0.1) is 0 Å². The fraction of sp³-hybridized carbons (Fsp3) is 0.250. The molecule has 0 atom stereocenters. The average Bonchev–Trinajstić information content (AvgIpc) is 2.81. The van der Waals surface area contributed by atoms with Crippen LogP contribution < -0.4 is 11.1 Å². The van der Waals surface area contributed by atoms with Crippen LogP contribution in [0.3, 0.4) is 0 Å². The number of esters is 1. The molecule has 0 unspecified atom stereocenters. The highest BCUT2D eigenvalue weighted by atomic mass is 16.5. The number of nitrogens with zero attached hydrogens (tertiary/aromatic N) is 2. The fourth-order valence-electron chi connectivity index (χ4n) is 2.27. The van der Waals surface area contributed by atoms with Crippen LogP contribution in [-0.2, 0) is 20.7 Å². The molecule has 0 aliphatic heterocycles. The molecule has 3 N–H and O–H groups in total. The van der Waals surface area contributed by atoms with E-state index in [-0.39, 0.29) is 6.42 Å². The minimum Gasteiger partial charge on any atom is -0.455 e. The quantitative estimate of drug-likeness (QED) is 0.785. The Kier molecular flexibility index (Phi) is 5.31. The number of nitrogens with two attached hydrogens (primary N) is 1. The number of nitrogens with one attached hydrogen (secondary N) is 1. The summed E-state index contributed by atoms with van der Waals surface area (Å²) in [6.45, 7) is 3.09. The van der Waals surface area contributed by atoms with Crippen LogP contribution in [0.4, 0.5) is 4.79 Å². The van der Waals surface area contributed by atoms with Crippen molar-refractivity contribution < 1.29 is 19.1 Å². The summed E-state index contributed by atoms with van der Waals surface area (Å²) >= 11 is 0. The summed E-state index contributed by atoms with van der Waals surface area (Å²) in [5.41, 5.74) is 7.94. The normalized spacial score (nSPS) is 10.2. The predicted octanol–water partition coefficient (Wildman–Crippen LogP) is 0.770. The van der Waals surface area contributed by atoms with Gasteiger partial charge in [-0.25, -0.2) is 9.48 Å². The number of aromatic nitrogens is 2. The Morgan fingerprint density at radius 2 is 1.88 bits per heavy atom. The number of primary amides is 1. The predicted molar refractivity (Wildman–Crippen MR) is 85.4 cm³/mol. The van der Waals surface area contributed by atoms with Gasteiger partial charge in [-0.05, 0) is 26.0 Å². The first-order valence-electron chi connectivity index (χ1n) is 7.24. The van der Waals surface area contributed by atoms with E-state index >= 15 is 0 Å². The second-order valence-electron chi connectivity index (χ2n) is 5.15. The van der Waals surface area contributed by atoms with E-state index in [1.165, 1.54) is 0 Å². The molecule has 8 heteroatoms. The average molecular weight is 330 g/mol. The first-order valence-corrected chi connectivity index (χ1v) is 7.24. The number of amides is 3. The molecule has 8 nitrogen and oxygen atoms in total. The minimum absolute atomic E-state index is 0.0195. The summed E-state index contributed by atoms with van der Waals surface area (Å²) in [6.07, 6.45) is -0.0195. The second-order valence-corrected chi connectivity index (χ2v) is 5.15. The first-order chi connectivity index (χ1) is 11.4. The van der Waals surface area contributed by atoms with Gasteiger partial charge in [-0.2, -0.15) is 5.10 Å². The molecule has 24 heavy (non-hydrogen) atoms. The van der Waals surface area contributed by atoms with Gasteiger partial charge in [0.15, 0.2) is 6.61 Å². The molecule has 0 aliphatic carbocycles. The van der Waals surface area contributed by atoms with Crippen molar-refractivity contribution in [3.8, 4) is 5.69 Å². The van der Waals surface area contributed by atoms with Crippen LogP contribution in [0, 0.1) is 13.8 Å². The van der Waals surface area contributed by atoms with E-state index in [0.29, 0.717) is 5.69 Å². The molecular weight excluding hydrogens is 312 g/mol. The zero-order valence-corrected chi connectivity index (χ0v) is 13.4. The molecule has 1 aromatic carbocycles. The van der Waals surface area contributed by atoms with Crippen molar-refractivity contribution in [3.05, 3.63) is 47.3 Å². The van der Waals surface area contributed by atoms with Crippen molar-refractivity contribution >= 4 is 17.9 Å². The fourth-order valence-corrected chi connectivity index (χ4v) is 2.27. The molecule has 0 bridgehead atoms. The van der Waals surface area contributed by atoms with E-state index in [2.05, 4.69) is 5.10 Å². The van der Waals surface area contributed by atoms with Crippen LogP contribution in [0.5, 0.6) is 0 Å². The molecule has 0 radical (unpaired) electrons. The number of hydrogen-bond donors (Lipinski definition) is 2. The number of hydrogen-bond acceptors (Lipinski definition) is 5. The lowest BCUT2D eigenvalue weighted by atomic mass is 10.1. The Labute approximate surface area is 138 Å². The Bertz CT molecular complexity index is 768. The maximum absolute atomic E-state index is 11.9. The topological polar surface area (TPSA) is 116 Å². The molecule has 2 rings (SSSR count). The highest BCUT2D eigenvalue weighted by molar-refractivity contribution is 5.94. The lowest BCUT2D eigenvalue weighted by Crippen LogP contribution is -2.37. The largest absolute Gasteiger partial charge is 0.455 e. The van der Waals surface area contributed by atoms with Crippen LogP contribution >= 0.6 is 0 Å². The number of benzene rings is 1. The molecular formula is C16H18N4O4. The van der Waals surface area contributed by atoms with Gasteiger partial charge < -0.3 is 10.5 Å². The summed E-state index contributed by atoms with van der Waals surface area (Å²) in [4.78, 5) is 33.6. The van der Waals surface area contributed by atoms with Gasteiger partial charge in [0.2, 0.25) is 0 Å². The minimum atomic E-state index is -0.994. The Balaban J connectivity index is 2.05. The molecule has 0 saturated carbocycles. The lowest BCUT2D eigenvalue weighted by molar-refractivity contribution is -0.147. The van der Waals surface area contributed by atoms with Gasteiger partial charge in [0.25, 0.3) is 5.91 Å². The molecule has 0 saturated heterocycles. The number of urea groups is 1. The van der Waals surface area contributed by atoms with Crippen molar-refractivity contribution in [2.45, 2.75) is 20.3 Å². The van der Waals surface area contributed by atoms with Crippen molar-refractivity contribution in [2.24, 2.45) is 5.73 Å². The van der Waals surface area contributed by atoms with Gasteiger partial charge in [0.1, 0.15) is 0 Å². The van der Waals surface area contributed by atoms with Crippen LogP contribution in [0.1, 0.15) is 17.0 Å². The van der Waals surface area contributed by atoms with Gasteiger partial charge >= 0.3 is 12.0 Å². The monoisotopic (exact) mass is 330 g/mol. The second kappa shape index (κ2) is 7.40. The Morgan fingerprint density at radius 1 is 1.21 bits per heavy atom. The standard InChI is InChI=1S/C16H18N4O4/c1-10-13(8-15(22)24-9-14(21)18-16(17)23)11(2)20(19-10)12-6-4-3-5-7-12/h3-7H,8-9H2,1-2H3,(H3,17,18,21,23). The molecule has 0 spiro atoms. The summed E-state index contributed by atoms with van der Waals surface area (Å²) in [5.74, 6) is -1.36. The first kappa shape index (κ1) is 17.2. The number of rotatable bonds is 5. The number of ether oxygens (including phenoxy) is 1. The molecule has 126 valence electrons. The van der Waals surface area contributed by atoms with Gasteiger partial charge in [0, 0.05) is 11.3 Å². The van der Waals surface area contributed by atoms with Crippen molar-refractivity contribution in [2.75, 3.05) is 6.61 Å². The van der Waals surface area contributed by atoms with E-state index in [1.807, 2.05) is 42.6 Å². The maximum atomic E-state index is 11.9. The number of imide groups is 1. The Hall–Kier alpha value is -3.16. The maximum Gasteiger partial charge on any atom is 0.318 e. The molecule has 1 aromatic heterocycles. The van der Waals surface area contributed by atoms with Gasteiger partial charge in [-0.3, -0.25) is 14.9 Å². The van der Waals surface area contributed by atoms with Gasteiger partial charge in [-0.1, -0.05) is 18.2 Å². The highest BCUT2D eigenvalue weighted by Crippen LogP contribution is 2.18. The SMILES string of the molecule is Cc1nn(-c2ccccc2)c(C)c1CC(=O)OCC(=O)NC(N)=O. The summed E-state index contributed by atoms with van der Waals surface area (Å²) in [5, 5.41) is 6.25. The number of aryl methyl sites for hydroxylation is 1. The zero-order valence-electron chi connectivity index (χ0n) is 13.4. The summed E-state index contributed by atoms with van der Waals surface area (Å²) in [6, 6.07) is 8.54. The van der Waals surface area contributed by atoms with E-state index in [4.69, 9.17) is 10.5 Å². The van der Waals surface area contributed by atoms with E-state index < -0.39 is 24.5 Å². The molecule has 3 amide bonds. The van der Waals surface area contributed by atoms with Crippen molar-refractivity contribution in [1.29, 1.82) is 0 Å². The zero-order chi connectivity index (χ0) is 17.7. The van der Waals surface area contributed by atoms with Crippen molar-refractivity contribution in [1.82, 2.24) is 15.1 Å². The van der Waals surface area contributed by atoms with E-state index in [1.54, 1.807) is 11.6 Å². The van der Waals surface area contributed by atoms with E-state index in [9.17, 15) is 14.4 Å². The lowest BCUT2D eigenvalue weighted by Gasteiger charge is -2.06. The Morgan fingerprint density at radius 3 is 2.50 bits per heavy atom. The third kappa shape index (κ3) is 4.19. The molecule has 1 heterocycles. The van der Waals surface area contributed by atoms with Crippen LogP contribution in [-0.4, -0.2) is 34.3 Å². The van der Waals surface area contributed by atoms with Crippen molar-refractivity contribution in [3.63, 3.8) is 0 Å². The van der Waals surface area contributed by atoms with Crippen LogP contribution in [0.15, 0.2) is 30.3 Å². The van der Waals surface area contributed by atoms with Gasteiger partial charge in [0.05, 0.1) is 17.8 Å².